The maximum Gasteiger partial charge on any atom is 0.353 e. The number of hydrogen-bond acceptors (Lipinski definition) is 9. The van der Waals surface area contributed by atoms with Gasteiger partial charge in [0.1, 0.15) is 12.1 Å². The van der Waals surface area contributed by atoms with Crippen LogP contribution in [0, 0.1) is 27.9 Å². The predicted octanol–water partition coefficient (Wildman–Crippen LogP) is 5.13. The zero-order chi connectivity index (χ0) is 21.9. The fourth-order valence-corrected chi connectivity index (χ4v) is 7.33. The smallest absolute Gasteiger partial charge is 0.353 e. The summed E-state index contributed by atoms with van der Waals surface area (Å²) in [4.78, 5) is 24.7. The second kappa shape index (κ2) is 7.26. The van der Waals surface area contributed by atoms with E-state index >= 15 is 0 Å². The Hall–Kier alpha value is -3.01. The lowest BCUT2D eigenvalue weighted by Crippen LogP contribution is -2.55. The molecule has 4 bridgehead atoms. The molecule has 0 amide bonds. The number of anilines is 3. The van der Waals surface area contributed by atoms with Crippen LogP contribution in [0.2, 0.25) is 0 Å². The standard InChI is InChI=1S/C22H24N6O3S/c1-31-15-2-3-16-17(7-15)32-21(25-16)26-19-18(28(29)30)20(24-11-23-19)27-22-8-12-4-13(9-22)6-14(5-12)10-22/h2-3,7,11-14H,4-6,8-10H2,1H3,(H2,23,24,25,26,27). The third-order valence-electron chi connectivity index (χ3n) is 7.25. The highest BCUT2D eigenvalue weighted by molar-refractivity contribution is 7.22. The van der Waals surface area contributed by atoms with Crippen molar-refractivity contribution in [1.82, 2.24) is 15.0 Å². The summed E-state index contributed by atoms with van der Waals surface area (Å²) in [5.74, 6) is 3.38. The first-order valence-corrected chi connectivity index (χ1v) is 11.8. The number of methoxy groups -OCH3 is 1. The first-order chi connectivity index (χ1) is 15.5. The molecule has 0 spiro atoms. The topological polar surface area (TPSA) is 115 Å². The van der Waals surface area contributed by atoms with Crippen molar-refractivity contribution in [1.29, 1.82) is 0 Å². The number of nitrogens with one attached hydrogen (secondary N) is 2. The van der Waals surface area contributed by atoms with E-state index in [0.29, 0.717) is 10.9 Å². The molecule has 9 nitrogen and oxygen atoms in total. The molecular weight excluding hydrogens is 428 g/mol. The summed E-state index contributed by atoms with van der Waals surface area (Å²) in [5, 5.41) is 19.2. The largest absolute Gasteiger partial charge is 0.497 e. The monoisotopic (exact) mass is 452 g/mol. The Morgan fingerprint density at radius 2 is 1.81 bits per heavy atom. The van der Waals surface area contributed by atoms with Crippen LogP contribution in [0.15, 0.2) is 24.5 Å². The second-order valence-corrected chi connectivity index (χ2v) is 10.5. The lowest BCUT2D eigenvalue weighted by atomic mass is 9.53. The van der Waals surface area contributed by atoms with Gasteiger partial charge >= 0.3 is 5.69 Å². The van der Waals surface area contributed by atoms with Crippen molar-refractivity contribution in [3.8, 4) is 5.75 Å². The molecule has 1 aromatic carbocycles. The number of nitro groups is 1. The van der Waals surface area contributed by atoms with E-state index in [1.54, 1.807) is 7.11 Å². The number of rotatable bonds is 6. The van der Waals surface area contributed by atoms with E-state index in [2.05, 4.69) is 25.6 Å². The molecule has 4 saturated carbocycles. The van der Waals surface area contributed by atoms with Crippen LogP contribution < -0.4 is 15.4 Å². The molecule has 0 aliphatic heterocycles. The quantitative estimate of drug-likeness (QED) is 0.391. The van der Waals surface area contributed by atoms with Gasteiger partial charge in [0.05, 0.1) is 22.2 Å². The minimum atomic E-state index is -0.401. The van der Waals surface area contributed by atoms with Gasteiger partial charge in [0.2, 0.25) is 11.6 Å². The Bertz CT molecular complexity index is 1180. The molecule has 7 rings (SSSR count). The highest BCUT2D eigenvalue weighted by atomic mass is 32.1. The number of hydrogen-bond donors (Lipinski definition) is 2. The van der Waals surface area contributed by atoms with Crippen LogP contribution in [-0.4, -0.2) is 32.5 Å². The summed E-state index contributed by atoms with van der Waals surface area (Å²) in [7, 11) is 1.62. The van der Waals surface area contributed by atoms with E-state index in [9.17, 15) is 10.1 Å². The Morgan fingerprint density at radius 3 is 2.47 bits per heavy atom. The highest BCUT2D eigenvalue weighted by Crippen LogP contribution is 2.57. The predicted molar refractivity (Wildman–Crippen MR) is 123 cm³/mol. The van der Waals surface area contributed by atoms with Crippen LogP contribution in [0.1, 0.15) is 38.5 Å². The van der Waals surface area contributed by atoms with Crippen LogP contribution >= 0.6 is 11.3 Å². The van der Waals surface area contributed by atoms with Crippen molar-refractivity contribution in [3.63, 3.8) is 0 Å². The van der Waals surface area contributed by atoms with Gasteiger partial charge in [-0.15, -0.1) is 0 Å². The van der Waals surface area contributed by atoms with Crippen LogP contribution in [0.4, 0.5) is 22.5 Å². The molecule has 2 N–H and O–H groups in total. The molecule has 4 aliphatic carbocycles. The van der Waals surface area contributed by atoms with Gasteiger partial charge in [0.15, 0.2) is 5.13 Å². The Kier molecular flexibility index (Phi) is 4.46. The van der Waals surface area contributed by atoms with Crippen molar-refractivity contribution < 1.29 is 9.66 Å². The van der Waals surface area contributed by atoms with Gasteiger partial charge in [-0.3, -0.25) is 10.1 Å². The minimum Gasteiger partial charge on any atom is -0.497 e. The van der Waals surface area contributed by atoms with Crippen LogP contribution in [0.3, 0.4) is 0 Å². The molecule has 4 aliphatic rings. The third-order valence-corrected chi connectivity index (χ3v) is 8.18. The zero-order valence-electron chi connectivity index (χ0n) is 17.7. The van der Waals surface area contributed by atoms with Crippen molar-refractivity contribution in [2.24, 2.45) is 17.8 Å². The SMILES string of the molecule is COc1ccc2nc(Nc3ncnc(NC45CC6CC(CC(C6)C4)C5)c3[N+](=O)[O-])sc2c1. The van der Waals surface area contributed by atoms with Crippen molar-refractivity contribution in [2.75, 3.05) is 17.7 Å². The van der Waals surface area contributed by atoms with Gasteiger partial charge in [-0.25, -0.2) is 15.0 Å². The first-order valence-electron chi connectivity index (χ1n) is 11.0. The molecule has 4 fully saturated rings. The van der Waals surface area contributed by atoms with Gasteiger partial charge in [0.25, 0.3) is 0 Å². The minimum absolute atomic E-state index is 0.0858. The molecule has 0 atom stereocenters. The molecule has 2 aromatic heterocycles. The van der Waals surface area contributed by atoms with Crippen molar-refractivity contribution in [3.05, 3.63) is 34.6 Å². The summed E-state index contributed by atoms with van der Waals surface area (Å²) in [6.07, 6.45) is 8.52. The zero-order valence-corrected chi connectivity index (χ0v) is 18.5. The third kappa shape index (κ3) is 3.33. The molecule has 2 heterocycles. The van der Waals surface area contributed by atoms with Gasteiger partial charge in [-0.1, -0.05) is 11.3 Å². The number of thiazole rings is 1. The summed E-state index contributed by atoms with van der Waals surface area (Å²) in [5.41, 5.74) is 0.583. The van der Waals surface area contributed by atoms with Gasteiger partial charge in [0, 0.05) is 5.54 Å². The normalized spacial score (nSPS) is 28.1. The number of aromatic nitrogens is 3. The summed E-state index contributed by atoms with van der Waals surface area (Å²) >= 11 is 1.40. The molecule has 166 valence electrons. The van der Waals surface area contributed by atoms with Crippen molar-refractivity contribution >= 4 is 44.0 Å². The lowest BCUT2D eigenvalue weighted by molar-refractivity contribution is -0.383. The number of ether oxygens (including phenoxy) is 1. The molecule has 32 heavy (non-hydrogen) atoms. The fourth-order valence-electron chi connectivity index (χ4n) is 6.44. The summed E-state index contributed by atoms with van der Waals surface area (Å²) < 4.78 is 6.20. The first kappa shape index (κ1) is 19.7. The van der Waals surface area contributed by atoms with E-state index in [4.69, 9.17) is 4.74 Å². The Morgan fingerprint density at radius 1 is 1.12 bits per heavy atom. The van der Waals surface area contributed by atoms with Crippen molar-refractivity contribution in [2.45, 2.75) is 44.1 Å². The summed E-state index contributed by atoms with van der Waals surface area (Å²) in [6.45, 7) is 0. The average Bonchev–Trinajstić information content (AvgIpc) is 3.13. The van der Waals surface area contributed by atoms with E-state index in [1.807, 2.05) is 18.2 Å². The maximum absolute atomic E-state index is 12.1. The molecule has 0 radical (unpaired) electrons. The molecule has 3 aromatic rings. The highest BCUT2D eigenvalue weighted by Gasteiger charge is 2.51. The van der Waals surface area contributed by atoms with Crippen LogP contribution in [0.25, 0.3) is 10.2 Å². The Labute approximate surface area is 188 Å². The molecule has 10 heteroatoms. The van der Waals surface area contributed by atoms with Crippen LogP contribution in [-0.2, 0) is 0 Å². The van der Waals surface area contributed by atoms with E-state index < -0.39 is 4.92 Å². The number of fused-ring (bicyclic) bond motifs is 1. The fraction of sp³-hybridized carbons (Fsp3) is 0.500. The van der Waals surface area contributed by atoms with E-state index in [1.165, 1.54) is 36.9 Å². The Balaban J connectivity index is 1.32. The van der Waals surface area contributed by atoms with E-state index in [-0.39, 0.29) is 17.0 Å². The average molecular weight is 453 g/mol. The van der Waals surface area contributed by atoms with Gasteiger partial charge in [-0.2, -0.15) is 0 Å². The van der Waals surface area contributed by atoms with Crippen LogP contribution in [0.5, 0.6) is 5.75 Å². The molecule has 0 unspecified atom stereocenters. The van der Waals surface area contributed by atoms with E-state index in [0.717, 1.165) is 53.0 Å². The summed E-state index contributed by atoms with van der Waals surface area (Å²) in [6, 6.07) is 5.60. The number of nitrogens with zero attached hydrogens (tertiary/aromatic N) is 4. The van der Waals surface area contributed by atoms with Gasteiger partial charge < -0.3 is 15.4 Å². The number of benzene rings is 1. The second-order valence-electron chi connectivity index (χ2n) is 9.48. The lowest BCUT2D eigenvalue weighted by Gasteiger charge is -2.57. The molecular formula is C22H24N6O3S. The molecule has 0 saturated heterocycles. The van der Waals surface area contributed by atoms with Gasteiger partial charge in [-0.05, 0) is 74.5 Å². The maximum atomic E-state index is 12.1.